The Hall–Kier alpha value is -2.08. The molecule has 2 atom stereocenters. The quantitative estimate of drug-likeness (QED) is 0.799. The molecular formula is C17H14N2OSe. The number of hydrogen-bond acceptors (Lipinski definition) is 3. The standard InChI is InChI=1S/C17H14N2OSe/c1-21-17-14(11-18)13(16-8-5-9-20-16)10-15(19-17)12-6-3-2-4-7-12/h2-10,13-14H,1H3. The maximum absolute atomic E-state index is 9.53. The molecule has 0 spiro atoms. The van der Waals surface area contributed by atoms with Crippen LogP contribution in [0, 0.1) is 17.2 Å². The van der Waals surface area contributed by atoms with Gasteiger partial charge in [0.05, 0.1) is 0 Å². The van der Waals surface area contributed by atoms with E-state index in [0.717, 1.165) is 21.6 Å². The molecule has 1 aliphatic rings. The average Bonchev–Trinajstić information content (AvgIpc) is 3.08. The van der Waals surface area contributed by atoms with E-state index in [-0.39, 0.29) is 26.8 Å². The molecule has 0 N–H and O–H groups in total. The summed E-state index contributed by atoms with van der Waals surface area (Å²) in [6.07, 6.45) is 3.71. The number of hydrogen-bond donors (Lipinski definition) is 0. The number of allylic oxidation sites excluding steroid dienone is 1. The van der Waals surface area contributed by atoms with Crippen molar-refractivity contribution in [1.82, 2.24) is 0 Å². The van der Waals surface area contributed by atoms with Gasteiger partial charge in [-0.3, -0.25) is 0 Å². The molecule has 0 fully saturated rings. The molecule has 0 saturated heterocycles. The van der Waals surface area contributed by atoms with Crippen LogP contribution in [0.2, 0.25) is 5.82 Å². The van der Waals surface area contributed by atoms with E-state index in [2.05, 4.69) is 18.0 Å². The molecule has 3 rings (SSSR count). The summed E-state index contributed by atoms with van der Waals surface area (Å²) in [4.78, 5) is 4.72. The molecule has 4 heteroatoms. The summed E-state index contributed by atoms with van der Waals surface area (Å²) in [5.74, 6) is 2.64. The van der Waals surface area contributed by atoms with Crippen LogP contribution in [0.4, 0.5) is 0 Å². The second kappa shape index (κ2) is 6.13. The fourth-order valence-corrected chi connectivity index (χ4v) is 3.80. The summed E-state index contributed by atoms with van der Waals surface area (Å²) in [5.41, 5.74) is 2.01. The Morgan fingerprint density at radius 1 is 1.19 bits per heavy atom. The van der Waals surface area contributed by atoms with Crippen LogP contribution in [0.1, 0.15) is 17.2 Å². The third-order valence-electron chi connectivity index (χ3n) is 3.48. The van der Waals surface area contributed by atoms with Crippen LogP contribution in [0.15, 0.2) is 64.2 Å². The van der Waals surface area contributed by atoms with Gasteiger partial charge >= 0.3 is 130 Å². The van der Waals surface area contributed by atoms with E-state index in [1.165, 1.54) is 0 Å². The molecule has 2 heterocycles. The van der Waals surface area contributed by atoms with Gasteiger partial charge in [-0.1, -0.05) is 0 Å². The van der Waals surface area contributed by atoms with E-state index in [0.29, 0.717) is 0 Å². The molecule has 0 aliphatic carbocycles. The van der Waals surface area contributed by atoms with Crippen LogP contribution in [-0.2, 0) is 0 Å². The Morgan fingerprint density at radius 2 is 2.00 bits per heavy atom. The normalized spacial score (nSPS) is 21.3. The third-order valence-corrected chi connectivity index (χ3v) is 5.08. The van der Waals surface area contributed by atoms with Gasteiger partial charge in [0, 0.05) is 0 Å². The Kier molecular flexibility index (Phi) is 4.05. The second-order valence-electron chi connectivity index (χ2n) is 4.72. The Labute approximate surface area is 130 Å². The summed E-state index contributed by atoms with van der Waals surface area (Å²) in [5, 5.41) is 9.53. The first-order valence-corrected chi connectivity index (χ1v) is 9.23. The molecule has 1 aromatic heterocycles. The van der Waals surface area contributed by atoms with Crippen LogP contribution < -0.4 is 0 Å². The zero-order chi connectivity index (χ0) is 14.7. The van der Waals surface area contributed by atoms with Crippen molar-refractivity contribution in [3.05, 3.63) is 66.1 Å². The number of furan rings is 1. The number of benzene rings is 1. The van der Waals surface area contributed by atoms with E-state index in [1.54, 1.807) is 6.26 Å². The molecule has 3 nitrogen and oxygen atoms in total. The van der Waals surface area contributed by atoms with Gasteiger partial charge in [0.25, 0.3) is 0 Å². The van der Waals surface area contributed by atoms with Crippen molar-refractivity contribution in [2.24, 2.45) is 10.9 Å². The topological polar surface area (TPSA) is 49.3 Å². The molecule has 0 radical (unpaired) electrons. The molecule has 0 amide bonds. The zero-order valence-electron chi connectivity index (χ0n) is 11.6. The van der Waals surface area contributed by atoms with Crippen molar-refractivity contribution in [2.45, 2.75) is 11.7 Å². The summed E-state index contributed by atoms with van der Waals surface area (Å²) in [6, 6.07) is 16.3. The number of rotatable bonds is 3. The summed E-state index contributed by atoms with van der Waals surface area (Å²) in [6.45, 7) is 0. The maximum atomic E-state index is 9.53. The number of nitriles is 1. The first-order chi connectivity index (χ1) is 10.3. The number of aliphatic imine (C=N–C) groups is 1. The van der Waals surface area contributed by atoms with Crippen molar-refractivity contribution >= 4 is 25.3 Å². The zero-order valence-corrected chi connectivity index (χ0v) is 13.3. The Balaban J connectivity index is 2.08. The van der Waals surface area contributed by atoms with Gasteiger partial charge in [-0.25, -0.2) is 0 Å². The molecule has 0 saturated carbocycles. The minimum atomic E-state index is -0.228. The molecule has 2 aromatic rings. The fourth-order valence-electron chi connectivity index (χ4n) is 2.45. The van der Waals surface area contributed by atoms with E-state index < -0.39 is 0 Å². The summed E-state index contributed by atoms with van der Waals surface area (Å²) in [7, 11) is 0. The van der Waals surface area contributed by atoms with Crippen LogP contribution in [-0.4, -0.2) is 19.6 Å². The van der Waals surface area contributed by atoms with Crippen LogP contribution >= 0.6 is 0 Å². The molecule has 104 valence electrons. The van der Waals surface area contributed by atoms with Crippen molar-refractivity contribution in [3.8, 4) is 6.07 Å². The monoisotopic (exact) mass is 342 g/mol. The molecule has 0 bridgehead atoms. The predicted molar refractivity (Wildman–Crippen MR) is 84.0 cm³/mol. The van der Waals surface area contributed by atoms with Gasteiger partial charge in [-0.05, 0) is 0 Å². The SMILES string of the molecule is C[Se]C1=NC(c2ccccc2)=CC(c2ccco2)C1C#N. The molecule has 1 aromatic carbocycles. The van der Waals surface area contributed by atoms with E-state index >= 15 is 0 Å². The third kappa shape index (κ3) is 2.71. The van der Waals surface area contributed by atoms with E-state index in [4.69, 9.17) is 9.41 Å². The van der Waals surface area contributed by atoms with Gasteiger partial charge in [0.2, 0.25) is 0 Å². The first-order valence-electron chi connectivity index (χ1n) is 6.66. The minimum absolute atomic E-state index is 0.0606. The first kappa shape index (κ1) is 13.9. The van der Waals surface area contributed by atoms with Crippen molar-refractivity contribution in [2.75, 3.05) is 0 Å². The van der Waals surface area contributed by atoms with Crippen LogP contribution in [0.5, 0.6) is 0 Å². The van der Waals surface area contributed by atoms with Crippen LogP contribution in [0.3, 0.4) is 0 Å². The van der Waals surface area contributed by atoms with Gasteiger partial charge in [-0.15, -0.1) is 0 Å². The summed E-state index contributed by atoms with van der Waals surface area (Å²) >= 11 is 0.194. The molecule has 21 heavy (non-hydrogen) atoms. The van der Waals surface area contributed by atoms with Gasteiger partial charge in [0.1, 0.15) is 0 Å². The summed E-state index contributed by atoms with van der Waals surface area (Å²) < 4.78 is 6.52. The second-order valence-corrected chi connectivity index (χ2v) is 6.45. The van der Waals surface area contributed by atoms with Crippen molar-refractivity contribution in [1.29, 1.82) is 5.26 Å². The fraction of sp³-hybridized carbons (Fsp3) is 0.176. The van der Waals surface area contributed by atoms with Gasteiger partial charge < -0.3 is 0 Å². The molecule has 1 aliphatic heterocycles. The van der Waals surface area contributed by atoms with Gasteiger partial charge in [0.15, 0.2) is 0 Å². The van der Waals surface area contributed by atoms with Crippen LogP contribution in [0.25, 0.3) is 5.70 Å². The predicted octanol–water partition coefficient (Wildman–Crippen LogP) is 3.71. The van der Waals surface area contributed by atoms with Gasteiger partial charge in [-0.2, -0.15) is 0 Å². The Bertz CT molecular complexity index is 711. The Morgan fingerprint density at radius 3 is 2.62 bits per heavy atom. The van der Waals surface area contributed by atoms with E-state index in [1.807, 2.05) is 42.5 Å². The number of nitrogens with zero attached hydrogens (tertiary/aromatic N) is 2. The molecular weight excluding hydrogens is 327 g/mol. The van der Waals surface area contributed by atoms with E-state index in [9.17, 15) is 5.26 Å². The average molecular weight is 341 g/mol. The van der Waals surface area contributed by atoms with Crippen molar-refractivity contribution < 1.29 is 4.42 Å². The van der Waals surface area contributed by atoms with Crippen molar-refractivity contribution in [3.63, 3.8) is 0 Å². The molecule has 2 unspecified atom stereocenters.